The minimum Gasteiger partial charge on any atom is -0.496 e. The van der Waals surface area contributed by atoms with Gasteiger partial charge in [0.15, 0.2) is 0 Å². The number of methoxy groups -OCH3 is 1. The van der Waals surface area contributed by atoms with Gasteiger partial charge in [0.1, 0.15) is 11.4 Å². The van der Waals surface area contributed by atoms with Gasteiger partial charge in [0.2, 0.25) is 0 Å². The third-order valence-corrected chi connectivity index (χ3v) is 5.48. The standard InChI is InChI=1S/C24H27N3O2/c1-17-13-18(2)15-26(14-17)24(28)21-16-27(19-9-5-4-6-10-19)25-23(21)20-11-7-8-12-22(20)29-3/h4-12,16-18H,13-15H2,1-3H3. The second-order valence-electron chi connectivity index (χ2n) is 8.03. The number of hydrogen-bond acceptors (Lipinski definition) is 3. The number of rotatable bonds is 4. The number of benzene rings is 2. The summed E-state index contributed by atoms with van der Waals surface area (Å²) in [5, 5.41) is 4.80. The van der Waals surface area contributed by atoms with Gasteiger partial charge in [-0.2, -0.15) is 5.10 Å². The Hall–Kier alpha value is -3.08. The van der Waals surface area contributed by atoms with Crippen molar-refractivity contribution in [1.82, 2.24) is 14.7 Å². The first-order chi connectivity index (χ1) is 14.1. The van der Waals surface area contributed by atoms with E-state index < -0.39 is 0 Å². The van der Waals surface area contributed by atoms with Gasteiger partial charge in [-0.15, -0.1) is 0 Å². The largest absolute Gasteiger partial charge is 0.496 e. The molecule has 150 valence electrons. The lowest BCUT2D eigenvalue weighted by Crippen LogP contribution is -2.42. The fourth-order valence-electron chi connectivity index (χ4n) is 4.28. The molecule has 29 heavy (non-hydrogen) atoms. The Morgan fingerprint density at radius 3 is 2.34 bits per heavy atom. The third kappa shape index (κ3) is 3.90. The maximum atomic E-state index is 13.6. The van der Waals surface area contributed by atoms with Crippen molar-refractivity contribution in [1.29, 1.82) is 0 Å². The van der Waals surface area contributed by atoms with Gasteiger partial charge in [-0.05, 0) is 42.5 Å². The van der Waals surface area contributed by atoms with Crippen LogP contribution in [0.3, 0.4) is 0 Å². The van der Waals surface area contributed by atoms with Crippen molar-refractivity contribution in [2.75, 3.05) is 20.2 Å². The zero-order valence-corrected chi connectivity index (χ0v) is 17.2. The van der Waals surface area contributed by atoms with E-state index in [1.165, 1.54) is 0 Å². The minimum absolute atomic E-state index is 0.0338. The molecule has 0 radical (unpaired) electrons. The second kappa shape index (κ2) is 8.11. The molecule has 1 fully saturated rings. The van der Waals surface area contributed by atoms with Crippen LogP contribution in [0.4, 0.5) is 0 Å². The molecule has 2 atom stereocenters. The summed E-state index contributed by atoms with van der Waals surface area (Å²) >= 11 is 0. The first kappa shape index (κ1) is 19.2. The van der Waals surface area contributed by atoms with E-state index in [0.717, 1.165) is 30.8 Å². The highest BCUT2D eigenvalue weighted by Crippen LogP contribution is 2.33. The van der Waals surface area contributed by atoms with Crippen LogP contribution in [0.25, 0.3) is 16.9 Å². The highest BCUT2D eigenvalue weighted by atomic mass is 16.5. The molecule has 1 aliphatic rings. The van der Waals surface area contributed by atoms with Crippen LogP contribution in [0.1, 0.15) is 30.6 Å². The van der Waals surface area contributed by atoms with Crippen molar-refractivity contribution >= 4 is 5.91 Å². The summed E-state index contributed by atoms with van der Waals surface area (Å²) in [6.07, 6.45) is 3.01. The molecule has 0 bridgehead atoms. The molecule has 2 unspecified atom stereocenters. The average molecular weight is 389 g/mol. The quantitative estimate of drug-likeness (QED) is 0.652. The number of para-hydroxylation sites is 2. The molecule has 0 N–H and O–H groups in total. The molecule has 3 aromatic rings. The smallest absolute Gasteiger partial charge is 0.257 e. The van der Waals surface area contributed by atoms with Crippen LogP contribution in [0, 0.1) is 11.8 Å². The fourth-order valence-corrected chi connectivity index (χ4v) is 4.28. The Morgan fingerprint density at radius 2 is 1.66 bits per heavy atom. The Balaban J connectivity index is 1.81. The molecule has 0 aliphatic carbocycles. The maximum absolute atomic E-state index is 13.6. The van der Waals surface area contributed by atoms with Crippen LogP contribution >= 0.6 is 0 Å². The third-order valence-electron chi connectivity index (χ3n) is 5.48. The van der Waals surface area contributed by atoms with Crippen LogP contribution < -0.4 is 4.74 Å². The minimum atomic E-state index is 0.0338. The lowest BCUT2D eigenvalue weighted by Gasteiger charge is -2.35. The number of ether oxygens (including phenoxy) is 1. The van der Waals surface area contributed by atoms with Gasteiger partial charge in [-0.3, -0.25) is 4.79 Å². The van der Waals surface area contributed by atoms with E-state index in [-0.39, 0.29) is 5.91 Å². The number of aromatic nitrogens is 2. The molecule has 1 amide bonds. The molecule has 0 saturated carbocycles. The highest BCUT2D eigenvalue weighted by Gasteiger charge is 2.30. The predicted molar refractivity (Wildman–Crippen MR) is 114 cm³/mol. The number of carbonyl (C=O) groups is 1. The van der Waals surface area contributed by atoms with E-state index in [1.54, 1.807) is 11.8 Å². The van der Waals surface area contributed by atoms with Gasteiger partial charge < -0.3 is 9.64 Å². The average Bonchev–Trinajstić information content (AvgIpc) is 3.18. The van der Waals surface area contributed by atoms with Crippen LogP contribution in [-0.4, -0.2) is 40.8 Å². The van der Waals surface area contributed by atoms with Crippen molar-refractivity contribution < 1.29 is 9.53 Å². The monoisotopic (exact) mass is 389 g/mol. The predicted octanol–water partition coefficient (Wildman–Crippen LogP) is 4.67. The van der Waals surface area contributed by atoms with Gasteiger partial charge in [-0.25, -0.2) is 4.68 Å². The summed E-state index contributed by atoms with van der Waals surface area (Å²) in [5.41, 5.74) is 3.01. The molecule has 1 aliphatic heterocycles. The van der Waals surface area contributed by atoms with Crippen molar-refractivity contribution in [3.63, 3.8) is 0 Å². The van der Waals surface area contributed by atoms with E-state index >= 15 is 0 Å². The van der Waals surface area contributed by atoms with Crippen LogP contribution in [-0.2, 0) is 0 Å². The van der Waals surface area contributed by atoms with E-state index in [9.17, 15) is 4.79 Å². The van der Waals surface area contributed by atoms with E-state index in [2.05, 4.69) is 13.8 Å². The van der Waals surface area contributed by atoms with Crippen molar-refractivity contribution in [3.8, 4) is 22.7 Å². The van der Waals surface area contributed by atoms with Crippen molar-refractivity contribution in [2.24, 2.45) is 11.8 Å². The molecule has 2 aromatic carbocycles. The van der Waals surface area contributed by atoms with E-state index in [0.29, 0.717) is 28.8 Å². The number of hydrogen-bond donors (Lipinski definition) is 0. The summed E-state index contributed by atoms with van der Waals surface area (Å²) in [6.45, 7) is 5.99. The summed E-state index contributed by atoms with van der Waals surface area (Å²) in [7, 11) is 1.64. The van der Waals surface area contributed by atoms with Crippen LogP contribution in [0.15, 0.2) is 60.8 Å². The number of nitrogens with zero attached hydrogens (tertiary/aromatic N) is 3. The molecule has 4 rings (SSSR count). The summed E-state index contributed by atoms with van der Waals surface area (Å²) in [5.74, 6) is 1.75. The van der Waals surface area contributed by atoms with E-state index in [4.69, 9.17) is 9.84 Å². The molecule has 1 aromatic heterocycles. The normalized spacial score (nSPS) is 19.2. The zero-order chi connectivity index (χ0) is 20.4. The van der Waals surface area contributed by atoms with Gasteiger partial charge in [0.05, 0.1) is 18.4 Å². The Labute approximate surface area is 171 Å². The molecular weight excluding hydrogens is 362 g/mol. The number of piperidine rings is 1. The number of carbonyl (C=O) groups excluding carboxylic acids is 1. The Bertz CT molecular complexity index is 986. The fraction of sp³-hybridized carbons (Fsp3) is 0.333. The van der Waals surface area contributed by atoms with Gasteiger partial charge in [0, 0.05) is 24.8 Å². The lowest BCUT2D eigenvalue weighted by molar-refractivity contribution is 0.0624. The highest BCUT2D eigenvalue weighted by molar-refractivity contribution is 6.00. The first-order valence-corrected chi connectivity index (χ1v) is 10.1. The topological polar surface area (TPSA) is 47.4 Å². The zero-order valence-electron chi connectivity index (χ0n) is 17.2. The molecule has 2 heterocycles. The van der Waals surface area contributed by atoms with Gasteiger partial charge >= 0.3 is 0 Å². The van der Waals surface area contributed by atoms with Crippen molar-refractivity contribution in [2.45, 2.75) is 20.3 Å². The number of likely N-dealkylation sites (tertiary alicyclic amines) is 1. The Kier molecular flexibility index (Phi) is 5.38. The second-order valence-corrected chi connectivity index (χ2v) is 8.03. The molecule has 1 saturated heterocycles. The summed E-state index contributed by atoms with van der Waals surface area (Å²) in [6, 6.07) is 17.6. The lowest BCUT2D eigenvalue weighted by atomic mass is 9.91. The summed E-state index contributed by atoms with van der Waals surface area (Å²) in [4.78, 5) is 15.5. The summed E-state index contributed by atoms with van der Waals surface area (Å²) < 4.78 is 7.34. The Morgan fingerprint density at radius 1 is 1.00 bits per heavy atom. The SMILES string of the molecule is COc1ccccc1-c1nn(-c2ccccc2)cc1C(=O)N1CC(C)CC(C)C1. The van der Waals surface area contributed by atoms with Gasteiger partial charge in [0.25, 0.3) is 5.91 Å². The molecule has 0 spiro atoms. The molecule has 5 nitrogen and oxygen atoms in total. The first-order valence-electron chi connectivity index (χ1n) is 10.1. The van der Waals surface area contributed by atoms with Crippen LogP contribution in [0.2, 0.25) is 0 Å². The van der Waals surface area contributed by atoms with Crippen molar-refractivity contribution in [3.05, 3.63) is 66.4 Å². The number of amides is 1. The van der Waals surface area contributed by atoms with E-state index in [1.807, 2.05) is 65.7 Å². The molecular formula is C24H27N3O2. The molecule has 5 heteroatoms. The van der Waals surface area contributed by atoms with Gasteiger partial charge in [-0.1, -0.05) is 44.2 Å². The van der Waals surface area contributed by atoms with Crippen LogP contribution in [0.5, 0.6) is 5.75 Å². The maximum Gasteiger partial charge on any atom is 0.257 e.